The Bertz CT molecular complexity index is 511. The topological polar surface area (TPSA) is 4.93 Å². The number of benzene rings is 1. The van der Waals surface area contributed by atoms with Crippen LogP contribution in [-0.4, -0.2) is 4.57 Å². The third kappa shape index (κ3) is 1.91. The Balaban J connectivity index is 2.48. The molecular formula is C14H14FN. The molecule has 1 nitrogen and oxygen atoms in total. The Kier molecular flexibility index (Phi) is 2.91. The van der Waals surface area contributed by atoms with Crippen molar-refractivity contribution in [2.45, 2.75) is 13.5 Å². The molecule has 0 N–H and O–H groups in total. The van der Waals surface area contributed by atoms with Crippen LogP contribution in [0.25, 0.3) is 11.1 Å². The van der Waals surface area contributed by atoms with Gasteiger partial charge >= 0.3 is 0 Å². The van der Waals surface area contributed by atoms with Crippen molar-refractivity contribution < 1.29 is 4.39 Å². The molecule has 0 aliphatic heterocycles. The first-order valence-electron chi connectivity index (χ1n) is 5.24. The van der Waals surface area contributed by atoms with Crippen LogP contribution in [-0.2, 0) is 6.54 Å². The Hall–Kier alpha value is -1.83. The molecule has 2 heteroatoms. The van der Waals surface area contributed by atoms with Gasteiger partial charge in [-0.2, -0.15) is 0 Å². The average Bonchev–Trinajstić information content (AvgIpc) is 2.61. The van der Waals surface area contributed by atoms with E-state index in [1.165, 1.54) is 6.07 Å². The fourth-order valence-electron chi connectivity index (χ4n) is 1.84. The van der Waals surface area contributed by atoms with Crippen molar-refractivity contribution in [2.24, 2.45) is 0 Å². The molecular weight excluding hydrogens is 201 g/mol. The second-order valence-electron chi connectivity index (χ2n) is 3.82. The van der Waals surface area contributed by atoms with E-state index < -0.39 is 0 Å². The van der Waals surface area contributed by atoms with Gasteiger partial charge in [0.05, 0.1) is 0 Å². The van der Waals surface area contributed by atoms with Crippen molar-refractivity contribution in [3.05, 3.63) is 60.7 Å². The molecule has 1 aromatic carbocycles. The second-order valence-corrected chi connectivity index (χ2v) is 3.82. The van der Waals surface area contributed by atoms with Crippen molar-refractivity contribution in [3.8, 4) is 11.1 Å². The highest BCUT2D eigenvalue weighted by atomic mass is 19.1. The minimum atomic E-state index is -0.179. The molecule has 2 rings (SSSR count). The van der Waals surface area contributed by atoms with Crippen molar-refractivity contribution >= 4 is 0 Å². The Morgan fingerprint density at radius 3 is 2.69 bits per heavy atom. The van der Waals surface area contributed by atoms with Gasteiger partial charge in [0.1, 0.15) is 5.82 Å². The van der Waals surface area contributed by atoms with E-state index in [0.717, 1.165) is 17.7 Å². The number of halogens is 1. The van der Waals surface area contributed by atoms with Crippen LogP contribution in [0.3, 0.4) is 0 Å². The summed E-state index contributed by atoms with van der Waals surface area (Å²) in [5, 5.41) is 0. The summed E-state index contributed by atoms with van der Waals surface area (Å²) in [5.74, 6) is -0.179. The van der Waals surface area contributed by atoms with E-state index in [-0.39, 0.29) is 5.82 Å². The van der Waals surface area contributed by atoms with Gasteiger partial charge in [0.15, 0.2) is 0 Å². The Morgan fingerprint density at radius 1 is 1.25 bits per heavy atom. The lowest BCUT2D eigenvalue weighted by Crippen LogP contribution is -1.88. The van der Waals surface area contributed by atoms with Crippen LogP contribution in [0.4, 0.5) is 4.39 Å². The molecule has 16 heavy (non-hydrogen) atoms. The summed E-state index contributed by atoms with van der Waals surface area (Å²) < 4.78 is 15.6. The average molecular weight is 215 g/mol. The van der Waals surface area contributed by atoms with Gasteiger partial charge in [0.2, 0.25) is 0 Å². The number of rotatable bonds is 3. The minimum absolute atomic E-state index is 0.179. The summed E-state index contributed by atoms with van der Waals surface area (Å²) in [6.07, 6.45) is 5.78. The first-order chi connectivity index (χ1) is 7.72. The molecule has 0 aliphatic rings. The van der Waals surface area contributed by atoms with E-state index in [1.807, 2.05) is 36.0 Å². The predicted octanol–water partition coefficient (Wildman–Crippen LogP) is 3.79. The largest absolute Gasteiger partial charge is 0.350 e. The number of hydrogen-bond acceptors (Lipinski definition) is 0. The highest BCUT2D eigenvalue weighted by Gasteiger charge is 2.08. The molecule has 0 spiro atoms. The number of nitrogens with zero attached hydrogens (tertiary/aromatic N) is 1. The van der Waals surface area contributed by atoms with E-state index >= 15 is 0 Å². The zero-order valence-corrected chi connectivity index (χ0v) is 9.28. The van der Waals surface area contributed by atoms with E-state index in [1.54, 1.807) is 12.1 Å². The molecule has 1 heterocycles. The molecule has 0 radical (unpaired) electrons. The monoisotopic (exact) mass is 215 g/mol. The summed E-state index contributed by atoms with van der Waals surface area (Å²) in [6, 6.07) is 6.84. The van der Waals surface area contributed by atoms with Crippen LogP contribution in [0, 0.1) is 12.7 Å². The summed E-state index contributed by atoms with van der Waals surface area (Å²) in [7, 11) is 0. The molecule has 0 fully saturated rings. The number of aryl methyl sites for hydroxylation is 1. The number of aromatic nitrogens is 1. The van der Waals surface area contributed by atoms with Gasteiger partial charge in [-0.15, -0.1) is 6.58 Å². The molecule has 2 aromatic rings. The highest BCUT2D eigenvalue weighted by molar-refractivity contribution is 5.67. The third-order valence-corrected chi connectivity index (χ3v) is 2.58. The zero-order valence-electron chi connectivity index (χ0n) is 9.28. The van der Waals surface area contributed by atoms with Crippen molar-refractivity contribution in [3.63, 3.8) is 0 Å². The lowest BCUT2D eigenvalue weighted by atomic mass is 10.1. The van der Waals surface area contributed by atoms with Crippen molar-refractivity contribution in [1.82, 2.24) is 4.57 Å². The molecule has 0 saturated heterocycles. The first-order valence-corrected chi connectivity index (χ1v) is 5.24. The summed E-state index contributed by atoms with van der Waals surface area (Å²) in [4.78, 5) is 0. The van der Waals surface area contributed by atoms with Crippen LogP contribution in [0.5, 0.6) is 0 Å². The van der Waals surface area contributed by atoms with Gasteiger partial charge in [-0.25, -0.2) is 4.39 Å². The standard InChI is InChI=1S/C14H14FN/c1-3-8-16-9-11(2)13(10-16)12-6-4-5-7-14(12)15/h3-7,9-10H,1,8H2,2H3. The molecule has 0 bridgehead atoms. The Labute approximate surface area is 94.8 Å². The lowest BCUT2D eigenvalue weighted by Gasteiger charge is -2.01. The second kappa shape index (κ2) is 4.35. The number of allylic oxidation sites excluding steroid dienone is 1. The SMILES string of the molecule is C=CCn1cc(C)c(-c2ccccc2F)c1. The highest BCUT2D eigenvalue weighted by Crippen LogP contribution is 2.26. The Morgan fingerprint density at radius 2 is 2.00 bits per heavy atom. The van der Waals surface area contributed by atoms with E-state index in [9.17, 15) is 4.39 Å². The molecule has 0 amide bonds. The fourth-order valence-corrected chi connectivity index (χ4v) is 1.84. The van der Waals surface area contributed by atoms with Crippen LogP contribution in [0.15, 0.2) is 49.3 Å². The van der Waals surface area contributed by atoms with Gasteiger partial charge < -0.3 is 4.57 Å². The predicted molar refractivity (Wildman–Crippen MR) is 64.8 cm³/mol. The van der Waals surface area contributed by atoms with Crippen LogP contribution in [0.1, 0.15) is 5.56 Å². The maximum atomic E-state index is 13.6. The van der Waals surface area contributed by atoms with Crippen LogP contribution >= 0.6 is 0 Å². The normalized spacial score (nSPS) is 10.4. The minimum Gasteiger partial charge on any atom is -0.350 e. The fraction of sp³-hybridized carbons (Fsp3) is 0.143. The van der Waals surface area contributed by atoms with Gasteiger partial charge in [0, 0.05) is 30.1 Å². The van der Waals surface area contributed by atoms with Gasteiger partial charge in [-0.1, -0.05) is 24.3 Å². The molecule has 82 valence electrons. The first kappa shape index (κ1) is 10.7. The maximum absolute atomic E-state index is 13.6. The molecule has 0 aliphatic carbocycles. The maximum Gasteiger partial charge on any atom is 0.131 e. The zero-order chi connectivity index (χ0) is 11.5. The third-order valence-electron chi connectivity index (χ3n) is 2.58. The van der Waals surface area contributed by atoms with Crippen molar-refractivity contribution in [2.75, 3.05) is 0 Å². The van der Waals surface area contributed by atoms with Crippen LogP contribution < -0.4 is 0 Å². The summed E-state index contributed by atoms with van der Waals surface area (Å²) >= 11 is 0. The van der Waals surface area contributed by atoms with Gasteiger partial charge in [0.25, 0.3) is 0 Å². The van der Waals surface area contributed by atoms with E-state index in [0.29, 0.717) is 5.56 Å². The molecule has 0 unspecified atom stereocenters. The lowest BCUT2D eigenvalue weighted by molar-refractivity contribution is 0.631. The van der Waals surface area contributed by atoms with Crippen molar-refractivity contribution in [1.29, 1.82) is 0 Å². The van der Waals surface area contributed by atoms with E-state index in [4.69, 9.17) is 0 Å². The number of hydrogen-bond donors (Lipinski definition) is 0. The van der Waals surface area contributed by atoms with Gasteiger partial charge in [-0.3, -0.25) is 0 Å². The van der Waals surface area contributed by atoms with E-state index in [2.05, 4.69) is 6.58 Å². The summed E-state index contributed by atoms with van der Waals surface area (Å²) in [6.45, 7) is 6.42. The smallest absolute Gasteiger partial charge is 0.131 e. The quantitative estimate of drug-likeness (QED) is 0.686. The molecule has 0 atom stereocenters. The molecule has 0 saturated carbocycles. The molecule has 1 aromatic heterocycles. The van der Waals surface area contributed by atoms with Crippen LogP contribution in [0.2, 0.25) is 0 Å². The summed E-state index contributed by atoms with van der Waals surface area (Å²) in [5.41, 5.74) is 2.68. The van der Waals surface area contributed by atoms with Gasteiger partial charge in [-0.05, 0) is 18.6 Å².